The molecule has 1 saturated carbocycles. The van der Waals surface area contributed by atoms with Crippen LogP contribution in [0.4, 0.5) is 8.78 Å². The van der Waals surface area contributed by atoms with Crippen molar-refractivity contribution >= 4 is 16.7 Å². The number of hydrogen-bond donors (Lipinski definition) is 0. The molecule has 0 amide bonds. The van der Waals surface area contributed by atoms with E-state index in [0.717, 1.165) is 4.68 Å². The van der Waals surface area contributed by atoms with Crippen molar-refractivity contribution in [2.24, 2.45) is 5.92 Å². The molecule has 0 radical (unpaired) electrons. The second kappa shape index (κ2) is 5.15. The van der Waals surface area contributed by atoms with Gasteiger partial charge in [0, 0.05) is 17.7 Å². The van der Waals surface area contributed by atoms with Crippen LogP contribution in [0.1, 0.15) is 12.1 Å². The van der Waals surface area contributed by atoms with Gasteiger partial charge in [0.25, 0.3) is 11.5 Å². The lowest BCUT2D eigenvalue weighted by atomic mass is 10.1. The lowest BCUT2D eigenvalue weighted by Gasteiger charge is -2.10. The summed E-state index contributed by atoms with van der Waals surface area (Å²) in [5, 5.41) is 5.00. The molecule has 1 aromatic carbocycles. The van der Waals surface area contributed by atoms with Gasteiger partial charge in [-0.25, -0.2) is 13.5 Å². The van der Waals surface area contributed by atoms with E-state index in [1.807, 2.05) is 0 Å². The number of fused-ring (bicyclic) bond motifs is 1. The van der Waals surface area contributed by atoms with Crippen molar-refractivity contribution in [3.8, 4) is 0 Å². The van der Waals surface area contributed by atoms with Crippen molar-refractivity contribution < 1.29 is 18.3 Å². The van der Waals surface area contributed by atoms with Gasteiger partial charge in [-0.15, -0.1) is 0 Å². The molecule has 1 heterocycles. The van der Waals surface area contributed by atoms with E-state index in [1.165, 1.54) is 7.11 Å². The van der Waals surface area contributed by atoms with E-state index in [9.17, 15) is 18.4 Å². The van der Waals surface area contributed by atoms with Crippen molar-refractivity contribution in [2.45, 2.75) is 25.3 Å². The van der Waals surface area contributed by atoms with E-state index in [0.29, 0.717) is 16.5 Å². The molecule has 2 aromatic rings. The maximum atomic E-state index is 13.1. The summed E-state index contributed by atoms with van der Waals surface area (Å²) in [6.07, 6.45) is -0.349. The maximum Gasteiger partial charge on any atom is 0.311 e. The van der Waals surface area contributed by atoms with Crippen molar-refractivity contribution in [3.63, 3.8) is 0 Å². The number of alkyl halides is 2. The summed E-state index contributed by atoms with van der Waals surface area (Å²) < 4.78 is 31.8. The summed E-state index contributed by atoms with van der Waals surface area (Å²) in [5.74, 6) is -4.10. The van der Waals surface area contributed by atoms with E-state index in [1.54, 1.807) is 24.3 Å². The summed E-state index contributed by atoms with van der Waals surface area (Å²) in [7, 11) is 1.26. The van der Waals surface area contributed by atoms with Crippen LogP contribution in [0.5, 0.6) is 0 Å². The fraction of sp³-hybridized carbons (Fsp3) is 0.400. The molecule has 0 aliphatic heterocycles. The van der Waals surface area contributed by atoms with Crippen LogP contribution < -0.4 is 5.56 Å². The van der Waals surface area contributed by atoms with Gasteiger partial charge in [-0.3, -0.25) is 9.59 Å². The van der Waals surface area contributed by atoms with Crippen molar-refractivity contribution in [1.82, 2.24) is 9.78 Å². The first-order valence-electron chi connectivity index (χ1n) is 6.86. The largest absolute Gasteiger partial charge is 0.469 e. The van der Waals surface area contributed by atoms with Gasteiger partial charge in [0.1, 0.15) is 0 Å². The molecule has 116 valence electrons. The standard InChI is InChI=1S/C15H14F2N2O3/c1-22-13(20)6-12-10-4-2-3-5-11(10)14(21)19(18-12)8-9-7-15(9,16)17/h2-5,9H,6-8H2,1H3. The number of hydrogen-bond acceptors (Lipinski definition) is 4. The van der Waals surface area contributed by atoms with Crippen LogP contribution in [-0.4, -0.2) is 28.8 Å². The number of aromatic nitrogens is 2. The Kier molecular flexibility index (Phi) is 3.42. The van der Waals surface area contributed by atoms with Gasteiger partial charge in [0.15, 0.2) is 0 Å². The molecule has 0 spiro atoms. The minimum Gasteiger partial charge on any atom is -0.469 e. The number of ether oxygens (including phenoxy) is 1. The third-order valence-electron chi connectivity index (χ3n) is 3.83. The topological polar surface area (TPSA) is 61.2 Å². The van der Waals surface area contributed by atoms with E-state index in [2.05, 4.69) is 9.84 Å². The Bertz CT molecular complexity index is 801. The van der Waals surface area contributed by atoms with Crippen molar-refractivity contribution in [3.05, 3.63) is 40.3 Å². The highest BCUT2D eigenvalue weighted by Gasteiger charge is 2.57. The Morgan fingerprint density at radius 2 is 2.05 bits per heavy atom. The van der Waals surface area contributed by atoms with E-state index >= 15 is 0 Å². The molecule has 1 atom stereocenters. The van der Waals surface area contributed by atoms with Crippen molar-refractivity contribution in [1.29, 1.82) is 0 Å². The van der Waals surface area contributed by atoms with Crippen LogP contribution in [0, 0.1) is 5.92 Å². The van der Waals surface area contributed by atoms with Crippen LogP contribution >= 0.6 is 0 Å². The predicted octanol–water partition coefficient (Wildman–Crippen LogP) is 1.77. The zero-order chi connectivity index (χ0) is 15.9. The second-order valence-corrected chi connectivity index (χ2v) is 5.39. The highest BCUT2D eigenvalue weighted by atomic mass is 19.3. The maximum absolute atomic E-state index is 13.1. The summed E-state index contributed by atoms with van der Waals surface area (Å²) in [4.78, 5) is 23.8. The zero-order valence-electron chi connectivity index (χ0n) is 11.9. The smallest absolute Gasteiger partial charge is 0.311 e. The highest BCUT2D eigenvalue weighted by molar-refractivity contribution is 5.86. The van der Waals surface area contributed by atoms with Crippen molar-refractivity contribution in [2.75, 3.05) is 7.11 Å². The first kappa shape index (κ1) is 14.6. The Labute approximate surface area is 124 Å². The summed E-state index contributed by atoms with van der Waals surface area (Å²) in [6.45, 7) is -0.148. The Morgan fingerprint density at radius 1 is 1.41 bits per heavy atom. The highest BCUT2D eigenvalue weighted by Crippen LogP contribution is 2.49. The molecule has 1 unspecified atom stereocenters. The predicted molar refractivity (Wildman–Crippen MR) is 74.8 cm³/mol. The molecule has 22 heavy (non-hydrogen) atoms. The quantitative estimate of drug-likeness (QED) is 0.808. The van der Waals surface area contributed by atoms with Crippen LogP contribution in [0.2, 0.25) is 0 Å². The molecule has 3 rings (SSSR count). The van der Waals surface area contributed by atoms with E-state index in [4.69, 9.17) is 0 Å². The zero-order valence-corrected chi connectivity index (χ0v) is 11.9. The molecule has 0 saturated heterocycles. The third kappa shape index (κ3) is 2.58. The fourth-order valence-electron chi connectivity index (χ4n) is 2.44. The minimum atomic E-state index is -2.73. The lowest BCUT2D eigenvalue weighted by molar-refractivity contribution is -0.139. The van der Waals surface area contributed by atoms with E-state index < -0.39 is 23.4 Å². The normalized spacial score (nSPS) is 19.1. The number of esters is 1. The van der Waals surface area contributed by atoms with Gasteiger partial charge in [0.05, 0.1) is 31.2 Å². The molecule has 5 nitrogen and oxygen atoms in total. The summed E-state index contributed by atoms with van der Waals surface area (Å²) in [5.41, 5.74) is -0.0714. The number of carbonyl (C=O) groups is 1. The number of benzene rings is 1. The van der Waals surface area contributed by atoms with Gasteiger partial charge < -0.3 is 4.74 Å². The molecule has 1 aliphatic carbocycles. The second-order valence-electron chi connectivity index (χ2n) is 5.39. The molecule has 0 N–H and O–H groups in total. The number of nitrogens with zero attached hydrogens (tertiary/aromatic N) is 2. The summed E-state index contributed by atoms with van der Waals surface area (Å²) >= 11 is 0. The molecular weight excluding hydrogens is 294 g/mol. The number of halogens is 2. The molecule has 1 fully saturated rings. The Hall–Kier alpha value is -2.31. The minimum absolute atomic E-state index is 0.113. The van der Waals surface area contributed by atoms with Gasteiger partial charge in [-0.1, -0.05) is 18.2 Å². The van der Waals surface area contributed by atoms with Gasteiger partial charge in [-0.2, -0.15) is 5.10 Å². The van der Waals surface area contributed by atoms with Crippen LogP contribution in [0.3, 0.4) is 0 Å². The average Bonchev–Trinajstić information content (AvgIpc) is 3.10. The number of carbonyl (C=O) groups excluding carboxylic acids is 1. The van der Waals surface area contributed by atoms with Crippen LogP contribution in [0.15, 0.2) is 29.1 Å². The van der Waals surface area contributed by atoms with Crippen LogP contribution in [0.25, 0.3) is 10.8 Å². The first-order chi connectivity index (χ1) is 10.4. The third-order valence-corrected chi connectivity index (χ3v) is 3.83. The number of rotatable bonds is 4. The van der Waals surface area contributed by atoms with Gasteiger partial charge >= 0.3 is 5.97 Å². The Morgan fingerprint density at radius 3 is 2.64 bits per heavy atom. The monoisotopic (exact) mass is 308 g/mol. The van der Waals surface area contributed by atoms with E-state index in [-0.39, 0.29) is 19.4 Å². The van der Waals surface area contributed by atoms with Gasteiger partial charge in [0.2, 0.25) is 0 Å². The molecule has 7 heteroatoms. The fourth-order valence-corrected chi connectivity index (χ4v) is 2.44. The van der Waals surface area contributed by atoms with Crippen LogP contribution in [-0.2, 0) is 22.5 Å². The lowest BCUT2D eigenvalue weighted by Crippen LogP contribution is -2.27. The summed E-state index contributed by atoms with van der Waals surface area (Å²) in [6, 6.07) is 6.69. The Balaban J connectivity index is 2.06. The molecular formula is C15H14F2N2O3. The molecule has 1 aromatic heterocycles. The molecule has 0 bridgehead atoms. The van der Waals surface area contributed by atoms with Gasteiger partial charge in [-0.05, 0) is 6.07 Å². The first-order valence-corrected chi connectivity index (χ1v) is 6.86. The molecule has 1 aliphatic rings. The number of methoxy groups -OCH3 is 1. The SMILES string of the molecule is COC(=O)Cc1nn(CC2CC2(F)F)c(=O)c2ccccc12. The average molecular weight is 308 g/mol.